The quantitative estimate of drug-likeness (QED) is 0.832. The van der Waals surface area contributed by atoms with Gasteiger partial charge in [-0.05, 0) is 46.3 Å². The number of benzene rings is 1. The molecule has 0 aliphatic carbocycles. The summed E-state index contributed by atoms with van der Waals surface area (Å²) >= 11 is 9.07. The third-order valence-electron chi connectivity index (χ3n) is 2.22. The van der Waals surface area contributed by atoms with Crippen molar-refractivity contribution < 1.29 is 4.79 Å². The summed E-state index contributed by atoms with van der Waals surface area (Å²) in [5.74, 6) is 0.109. The Labute approximate surface area is 117 Å². The highest BCUT2D eigenvalue weighted by atomic mass is 79.9. The van der Waals surface area contributed by atoms with Crippen LogP contribution in [0.4, 0.5) is 11.5 Å². The molecule has 2 rings (SSSR count). The Morgan fingerprint density at radius 2 is 2.11 bits per heavy atom. The minimum absolute atomic E-state index is 0.288. The van der Waals surface area contributed by atoms with Crippen LogP contribution < -0.4 is 11.1 Å². The number of carbonyl (C=O) groups is 1. The summed E-state index contributed by atoms with van der Waals surface area (Å²) in [7, 11) is 0. The molecular formula is C12H9BrClN3O. The maximum atomic E-state index is 11.9. The van der Waals surface area contributed by atoms with Crippen molar-refractivity contribution in [2.45, 2.75) is 0 Å². The third kappa shape index (κ3) is 3.00. The zero-order chi connectivity index (χ0) is 13.1. The molecule has 1 aromatic heterocycles. The summed E-state index contributed by atoms with van der Waals surface area (Å²) in [5.41, 5.74) is 6.67. The number of rotatable bonds is 2. The summed E-state index contributed by atoms with van der Waals surface area (Å²) in [6.45, 7) is 0. The van der Waals surface area contributed by atoms with Gasteiger partial charge in [0.1, 0.15) is 5.82 Å². The first-order valence-corrected chi connectivity index (χ1v) is 6.21. The van der Waals surface area contributed by atoms with Crippen molar-refractivity contribution in [1.29, 1.82) is 0 Å². The van der Waals surface area contributed by atoms with Crippen LogP contribution >= 0.6 is 27.5 Å². The molecule has 18 heavy (non-hydrogen) atoms. The van der Waals surface area contributed by atoms with Crippen LogP contribution in [0.15, 0.2) is 41.0 Å². The van der Waals surface area contributed by atoms with E-state index in [9.17, 15) is 4.79 Å². The van der Waals surface area contributed by atoms with Crippen LogP contribution in [-0.2, 0) is 0 Å². The van der Waals surface area contributed by atoms with Gasteiger partial charge in [0.25, 0.3) is 5.91 Å². The second-order valence-corrected chi connectivity index (χ2v) is 4.84. The van der Waals surface area contributed by atoms with Crippen LogP contribution in [0.3, 0.4) is 0 Å². The van der Waals surface area contributed by atoms with Gasteiger partial charge >= 0.3 is 0 Å². The highest BCUT2D eigenvalue weighted by molar-refractivity contribution is 9.10. The maximum Gasteiger partial charge on any atom is 0.256 e. The molecule has 3 N–H and O–H groups in total. The topological polar surface area (TPSA) is 68.0 Å². The maximum absolute atomic E-state index is 11.9. The molecule has 0 spiro atoms. The zero-order valence-electron chi connectivity index (χ0n) is 9.15. The van der Waals surface area contributed by atoms with E-state index >= 15 is 0 Å². The van der Waals surface area contributed by atoms with E-state index < -0.39 is 0 Å². The van der Waals surface area contributed by atoms with E-state index in [4.69, 9.17) is 17.3 Å². The van der Waals surface area contributed by atoms with Gasteiger partial charge < -0.3 is 11.1 Å². The summed E-state index contributed by atoms with van der Waals surface area (Å²) in [6, 6.07) is 8.18. The number of nitrogens with two attached hydrogens (primary N) is 1. The number of aromatic nitrogens is 1. The minimum atomic E-state index is -0.288. The van der Waals surface area contributed by atoms with E-state index in [0.717, 1.165) is 4.47 Å². The number of amides is 1. The van der Waals surface area contributed by atoms with Gasteiger partial charge in [-0.3, -0.25) is 4.79 Å². The molecule has 1 aromatic carbocycles. The van der Waals surface area contributed by atoms with Crippen LogP contribution in [-0.4, -0.2) is 10.9 Å². The van der Waals surface area contributed by atoms with Crippen molar-refractivity contribution >= 4 is 44.9 Å². The molecule has 92 valence electrons. The van der Waals surface area contributed by atoms with E-state index in [1.807, 2.05) is 0 Å². The summed E-state index contributed by atoms with van der Waals surface area (Å²) in [6.07, 6.45) is 1.52. The Bertz CT molecular complexity index is 604. The van der Waals surface area contributed by atoms with Gasteiger partial charge in [0, 0.05) is 26.9 Å². The Morgan fingerprint density at radius 3 is 2.78 bits per heavy atom. The monoisotopic (exact) mass is 325 g/mol. The predicted octanol–water partition coefficient (Wildman–Crippen LogP) is 3.33. The standard InChI is InChI=1S/C12H9BrClN3O/c13-9-2-1-7(5-10(9)15)12(18)17-11-6-8(14)3-4-16-11/h1-6H,15H2,(H,16,17,18). The summed E-state index contributed by atoms with van der Waals surface area (Å²) in [5, 5.41) is 3.15. The SMILES string of the molecule is Nc1cc(C(=O)Nc2cc(Cl)ccn2)ccc1Br. The van der Waals surface area contributed by atoms with Crippen LogP contribution in [0, 0.1) is 0 Å². The lowest BCUT2D eigenvalue weighted by Crippen LogP contribution is -2.13. The molecule has 6 heteroatoms. The molecule has 4 nitrogen and oxygen atoms in total. The number of nitrogen functional groups attached to an aromatic ring is 1. The Hall–Kier alpha value is -1.59. The van der Waals surface area contributed by atoms with Gasteiger partial charge in [-0.2, -0.15) is 0 Å². The van der Waals surface area contributed by atoms with Gasteiger partial charge in [0.2, 0.25) is 0 Å². The molecule has 0 radical (unpaired) electrons. The number of carbonyl (C=O) groups excluding carboxylic acids is 1. The molecule has 0 fully saturated rings. The molecular weight excluding hydrogens is 318 g/mol. The normalized spacial score (nSPS) is 10.1. The average Bonchev–Trinajstić information content (AvgIpc) is 2.32. The average molecular weight is 327 g/mol. The van der Waals surface area contributed by atoms with Gasteiger partial charge in [-0.1, -0.05) is 11.6 Å². The first-order valence-electron chi connectivity index (χ1n) is 5.04. The Morgan fingerprint density at radius 1 is 1.33 bits per heavy atom. The van der Waals surface area contributed by atoms with Crippen molar-refractivity contribution in [3.8, 4) is 0 Å². The van der Waals surface area contributed by atoms with E-state index in [1.54, 1.807) is 30.3 Å². The third-order valence-corrected chi connectivity index (χ3v) is 3.18. The zero-order valence-corrected chi connectivity index (χ0v) is 11.5. The van der Waals surface area contributed by atoms with Crippen LogP contribution in [0.5, 0.6) is 0 Å². The van der Waals surface area contributed by atoms with E-state index in [0.29, 0.717) is 22.1 Å². The second-order valence-electron chi connectivity index (χ2n) is 3.55. The highest BCUT2D eigenvalue weighted by Crippen LogP contribution is 2.21. The molecule has 0 aliphatic rings. The van der Waals surface area contributed by atoms with Gasteiger partial charge in [-0.15, -0.1) is 0 Å². The van der Waals surface area contributed by atoms with Crippen molar-refractivity contribution in [3.63, 3.8) is 0 Å². The smallest absolute Gasteiger partial charge is 0.256 e. The number of nitrogens with one attached hydrogen (secondary N) is 1. The molecule has 0 atom stereocenters. The first-order chi connectivity index (χ1) is 8.56. The minimum Gasteiger partial charge on any atom is -0.398 e. The first kappa shape index (κ1) is 12.9. The molecule has 1 amide bonds. The largest absolute Gasteiger partial charge is 0.398 e. The highest BCUT2D eigenvalue weighted by Gasteiger charge is 2.08. The number of hydrogen-bond donors (Lipinski definition) is 2. The fourth-order valence-corrected chi connectivity index (χ4v) is 1.75. The number of pyridine rings is 1. The van der Waals surface area contributed by atoms with Crippen molar-refractivity contribution in [3.05, 3.63) is 51.6 Å². The predicted molar refractivity (Wildman–Crippen MR) is 75.8 cm³/mol. The fourth-order valence-electron chi connectivity index (χ4n) is 1.35. The van der Waals surface area contributed by atoms with Crippen molar-refractivity contribution in [2.24, 2.45) is 0 Å². The van der Waals surface area contributed by atoms with Crippen molar-refractivity contribution in [2.75, 3.05) is 11.1 Å². The van der Waals surface area contributed by atoms with Gasteiger partial charge in [0.05, 0.1) is 0 Å². The second kappa shape index (κ2) is 5.37. The number of halogens is 2. The summed E-state index contributed by atoms with van der Waals surface area (Å²) < 4.78 is 0.750. The lowest BCUT2D eigenvalue weighted by atomic mass is 10.2. The number of hydrogen-bond acceptors (Lipinski definition) is 3. The lowest BCUT2D eigenvalue weighted by molar-refractivity contribution is 0.102. The lowest BCUT2D eigenvalue weighted by Gasteiger charge is -2.06. The van der Waals surface area contributed by atoms with Gasteiger partial charge in [0.15, 0.2) is 0 Å². The molecule has 0 saturated heterocycles. The van der Waals surface area contributed by atoms with Crippen molar-refractivity contribution in [1.82, 2.24) is 4.98 Å². The molecule has 0 unspecified atom stereocenters. The van der Waals surface area contributed by atoms with Crippen LogP contribution in [0.1, 0.15) is 10.4 Å². The molecule has 0 saturated carbocycles. The molecule has 0 bridgehead atoms. The molecule has 0 aliphatic heterocycles. The van der Waals surface area contributed by atoms with E-state index in [2.05, 4.69) is 26.2 Å². The summed E-state index contributed by atoms with van der Waals surface area (Å²) in [4.78, 5) is 15.9. The Kier molecular flexibility index (Phi) is 3.84. The number of nitrogens with zero attached hydrogens (tertiary/aromatic N) is 1. The van der Waals surface area contributed by atoms with Crippen LogP contribution in [0.25, 0.3) is 0 Å². The fraction of sp³-hybridized carbons (Fsp3) is 0. The molecule has 1 heterocycles. The van der Waals surface area contributed by atoms with E-state index in [-0.39, 0.29) is 5.91 Å². The van der Waals surface area contributed by atoms with Crippen LogP contribution in [0.2, 0.25) is 5.02 Å². The Balaban J connectivity index is 2.19. The van der Waals surface area contributed by atoms with E-state index in [1.165, 1.54) is 6.20 Å². The molecule has 2 aromatic rings. The van der Waals surface area contributed by atoms with Gasteiger partial charge in [-0.25, -0.2) is 4.98 Å². The number of anilines is 2.